The van der Waals surface area contributed by atoms with Crippen LogP contribution in [0.15, 0.2) is 42.5 Å². The van der Waals surface area contributed by atoms with Crippen LogP contribution < -0.4 is 14.2 Å². The monoisotopic (exact) mass is 387 g/mol. The van der Waals surface area contributed by atoms with E-state index in [1.165, 1.54) is 33.5 Å². The number of benzene rings is 2. The summed E-state index contributed by atoms with van der Waals surface area (Å²) in [7, 11) is 4.38. The summed E-state index contributed by atoms with van der Waals surface area (Å²) in [5, 5.41) is 0. The first-order valence-electron chi connectivity index (χ1n) is 8.82. The molecule has 0 unspecified atom stereocenters. The van der Waals surface area contributed by atoms with Crippen LogP contribution in [-0.2, 0) is 16.1 Å². The number of carbonyl (C=O) groups is 2. The van der Waals surface area contributed by atoms with Crippen LogP contribution in [0, 0.1) is 0 Å². The van der Waals surface area contributed by atoms with Crippen molar-refractivity contribution in [3.05, 3.63) is 53.6 Å². The Morgan fingerprint density at radius 2 is 1.50 bits per heavy atom. The highest BCUT2D eigenvalue weighted by Crippen LogP contribution is 2.34. The first-order valence-corrected chi connectivity index (χ1v) is 8.82. The van der Waals surface area contributed by atoms with Gasteiger partial charge in [-0.15, -0.1) is 0 Å². The van der Waals surface area contributed by atoms with Gasteiger partial charge in [0.1, 0.15) is 11.3 Å². The molecule has 28 heavy (non-hydrogen) atoms. The lowest BCUT2D eigenvalue weighted by atomic mass is 10.1. The minimum atomic E-state index is -0.679. The summed E-state index contributed by atoms with van der Waals surface area (Å²) in [6.07, 6.45) is 0. The second-order valence-corrected chi connectivity index (χ2v) is 5.88. The first kappa shape index (κ1) is 21.1. The van der Waals surface area contributed by atoms with Gasteiger partial charge in [-0.25, -0.2) is 4.79 Å². The lowest BCUT2D eigenvalue weighted by molar-refractivity contribution is -0.134. The van der Waals surface area contributed by atoms with E-state index in [-0.39, 0.29) is 23.8 Å². The molecule has 0 fully saturated rings. The van der Waals surface area contributed by atoms with Crippen molar-refractivity contribution in [1.29, 1.82) is 0 Å². The zero-order valence-electron chi connectivity index (χ0n) is 16.6. The summed E-state index contributed by atoms with van der Waals surface area (Å²) in [4.78, 5) is 26.6. The first-order chi connectivity index (χ1) is 13.5. The third-order valence-corrected chi connectivity index (χ3v) is 4.20. The molecule has 0 saturated heterocycles. The molecule has 7 heteroatoms. The van der Waals surface area contributed by atoms with E-state index in [0.717, 1.165) is 5.56 Å². The molecule has 0 aliphatic rings. The average Bonchev–Trinajstić information content (AvgIpc) is 2.75. The third kappa shape index (κ3) is 5.16. The molecule has 7 nitrogen and oxygen atoms in total. The number of methoxy groups -OCH3 is 3. The van der Waals surface area contributed by atoms with Crippen LogP contribution in [0.4, 0.5) is 0 Å². The van der Waals surface area contributed by atoms with E-state index in [4.69, 9.17) is 18.9 Å². The number of amides is 1. The van der Waals surface area contributed by atoms with Gasteiger partial charge in [-0.1, -0.05) is 30.3 Å². The van der Waals surface area contributed by atoms with Crippen LogP contribution in [0.1, 0.15) is 22.8 Å². The Labute approximate surface area is 164 Å². The minimum absolute atomic E-state index is 0.152. The van der Waals surface area contributed by atoms with E-state index in [0.29, 0.717) is 24.6 Å². The van der Waals surface area contributed by atoms with Crippen molar-refractivity contribution in [2.75, 3.05) is 34.5 Å². The topological polar surface area (TPSA) is 74.3 Å². The fraction of sp³-hybridized carbons (Fsp3) is 0.333. The SMILES string of the molecule is CCN(Cc1ccccc1)C(=O)COC(=O)c1cc(OC)c(OC)cc1OC. The summed E-state index contributed by atoms with van der Waals surface area (Å²) in [5.74, 6) is 0.0978. The van der Waals surface area contributed by atoms with Gasteiger partial charge in [0, 0.05) is 25.2 Å². The molecule has 150 valence electrons. The van der Waals surface area contributed by atoms with Crippen molar-refractivity contribution in [2.45, 2.75) is 13.5 Å². The Bertz CT molecular complexity index is 806. The normalized spacial score (nSPS) is 10.1. The van der Waals surface area contributed by atoms with Gasteiger partial charge < -0.3 is 23.8 Å². The molecular formula is C21H25NO6. The Morgan fingerprint density at radius 1 is 0.893 bits per heavy atom. The predicted octanol–water partition coefficient (Wildman–Crippen LogP) is 2.92. The summed E-state index contributed by atoms with van der Waals surface area (Å²) < 4.78 is 20.9. The summed E-state index contributed by atoms with van der Waals surface area (Å²) in [6, 6.07) is 12.6. The van der Waals surface area contributed by atoms with Crippen molar-refractivity contribution in [2.24, 2.45) is 0 Å². The number of ether oxygens (including phenoxy) is 4. The standard InChI is InChI=1S/C21H25NO6/c1-5-22(13-15-9-7-6-8-10-15)20(23)14-28-21(24)16-11-18(26-3)19(27-4)12-17(16)25-2/h6-12H,5,13-14H2,1-4H3. The van der Waals surface area contributed by atoms with E-state index in [1.807, 2.05) is 37.3 Å². The molecule has 0 aliphatic heterocycles. The average molecular weight is 387 g/mol. The number of hydrogen-bond donors (Lipinski definition) is 0. The molecule has 0 saturated carbocycles. The second-order valence-electron chi connectivity index (χ2n) is 5.88. The van der Waals surface area contributed by atoms with Crippen molar-refractivity contribution in [3.63, 3.8) is 0 Å². The van der Waals surface area contributed by atoms with Gasteiger partial charge in [0.15, 0.2) is 18.1 Å². The van der Waals surface area contributed by atoms with Gasteiger partial charge in [-0.05, 0) is 12.5 Å². The van der Waals surface area contributed by atoms with Crippen molar-refractivity contribution >= 4 is 11.9 Å². The number of esters is 1. The lowest BCUT2D eigenvalue weighted by Crippen LogP contribution is -2.34. The fourth-order valence-electron chi connectivity index (χ4n) is 2.67. The van der Waals surface area contributed by atoms with E-state index >= 15 is 0 Å². The molecule has 0 N–H and O–H groups in total. The van der Waals surface area contributed by atoms with Crippen LogP contribution in [0.3, 0.4) is 0 Å². The van der Waals surface area contributed by atoms with E-state index in [9.17, 15) is 9.59 Å². The smallest absolute Gasteiger partial charge is 0.342 e. The lowest BCUT2D eigenvalue weighted by Gasteiger charge is -2.21. The van der Waals surface area contributed by atoms with Gasteiger partial charge >= 0.3 is 5.97 Å². The minimum Gasteiger partial charge on any atom is -0.496 e. The highest BCUT2D eigenvalue weighted by Gasteiger charge is 2.21. The van der Waals surface area contributed by atoms with E-state index in [2.05, 4.69) is 0 Å². The number of nitrogens with zero attached hydrogens (tertiary/aromatic N) is 1. The number of hydrogen-bond acceptors (Lipinski definition) is 6. The largest absolute Gasteiger partial charge is 0.496 e. The highest BCUT2D eigenvalue weighted by atomic mass is 16.5. The zero-order valence-corrected chi connectivity index (χ0v) is 16.6. The fourth-order valence-corrected chi connectivity index (χ4v) is 2.67. The molecule has 0 radical (unpaired) electrons. The number of rotatable bonds is 9. The molecule has 2 aromatic rings. The van der Waals surface area contributed by atoms with Crippen molar-refractivity contribution in [3.8, 4) is 17.2 Å². The quantitative estimate of drug-likeness (QED) is 0.616. The molecule has 0 spiro atoms. The Hall–Kier alpha value is -3.22. The maximum atomic E-state index is 12.5. The van der Waals surface area contributed by atoms with E-state index < -0.39 is 5.97 Å². The molecule has 0 atom stereocenters. The molecule has 1 amide bonds. The third-order valence-electron chi connectivity index (χ3n) is 4.20. The maximum absolute atomic E-state index is 12.5. The molecule has 2 aromatic carbocycles. The van der Waals surface area contributed by atoms with Gasteiger partial charge in [-0.3, -0.25) is 4.79 Å². The molecular weight excluding hydrogens is 362 g/mol. The molecule has 0 aromatic heterocycles. The van der Waals surface area contributed by atoms with Crippen LogP contribution >= 0.6 is 0 Å². The van der Waals surface area contributed by atoms with Crippen LogP contribution in [0.2, 0.25) is 0 Å². The molecule has 0 bridgehead atoms. The zero-order chi connectivity index (χ0) is 20.5. The summed E-state index contributed by atoms with van der Waals surface area (Å²) in [6.45, 7) is 2.47. The number of carbonyl (C=O) groups excluding carboxylic acids is 2. The summed E-state index contributed by atoms with van der Waals surface area (Å²) in [5.41, 5.74) is 1.16. The Morgan fingerprint density at radius 3 is 2.07 bits per heavy atom. The molecule has 0 heterocycles. The molecule has 0 aliphatic carbocycles. The second kappa shape index (κ2) is 10.2. The number of likely N-dealkylation sites (N-methyl/N-ethyl adjacent to an activating group) is 1. The summed E-state index contributed by atoms with van der Waals surface area (Å²) >= 11 is 0. The van der Waals surface area contributed by atoms with Crippen molar-refractivity contribution in [1.82, 2.24) is 4.90 Å². The van der Waals surface area contributed by atoms with Gasteiger partial charge in [0.05, 0.1) is 21.3 Å². The molecule has 2 rings (SSSR count). The van der Waals surface area contributed by atoms with Crippen LogP contribution in [0.5, 0.6) is 17.2 Å². The van der Waals surface area contributed by atoms with Crippen molar-refractivity contribution < 1.29 is 28.5 Å². The van der Waals surface area contributed by atoms with Gasteiger partial charge in [0.2, 0.25) is 0 Å². The highest BCUT2D eigenvalue weighted by molar-refractivity contribution is 5.95. The van der Waals surface area contributed by atoms with Crippen LogP contribution in [0.25, 0.3) is 0 Å². The van der Waals surface area contributed by atoms with Crippen LogP contribution in [-0.4, -0.2) is 51.3 Å². The maximum Gasteiger partial charge on any atom is 0.342 e. The van der Waals surface area contributed by atoms with Gasteiger partial charge in [0.25, 0.3) is 5.91 Å². The van der Waals surface area contributed by atoms with E-state index in [1.54, 1.807) is 4.90 Å². The Kier molecular flexibility index (Phi) is 7.68. The predicted molar refractivity (Wildman–Crippen MR) is 104 cm³/mol. The Balaban J connectivity index is 2.07. The van der Waals surface area contributed by atoms with Gasteiger partial charge in [-0.2, -0.15) is 0 Å².